The van der Waals surface area contributed by atoms with Crippen LogP contribution in [0.2, 0.25) is 0 Å². The highest BCUT2D eigenvalue weighted by Crippen LogP contribution is 2.51. The van der Waals surface area contributed by atoms with Gasteiger partial charge in [0.15, 0.2) is 5.82 Å². The molecule has 1 aliphatic heterocycles. The Morgan fingerprint density at radius 2 is 1.29 bits per heavy atom. The van der Waals surface area contributed by atoms with E-state index >= 15 is 0 Å². The number of aromatic nitrogens is 3. The molecule has 4 heteroatoms. The topological polar surface area (TPSA) is 30.7 Å². The molecule has 12 rings (SSSR count). The normalized spacial score (nSPS) is 13.4. The van der Waals surface area contributed by atoms with E-state index in [0.717, 1.165) is 33.5 Å². The van der Waals surface area contributed by atoms with Crippen LogP contribution >= 0.6 is 11.3 Å². The number of nitrogens with zero attached hydrogens (tertiary/aromatic N) is 3. The molecule has 0 spiro atoms. The van der Waals surface area contributed by atoms with Gasteiger partial charge in [0.2, 0.25) is 0 Å². The van der Waals surface area contributed by atoms with Gasteiger partial charge in [-0.15, -0.1) is 11.3 Å². The van der Waals surface area contributed by atoms with Crippen LogP contribution in [-0.4, -0.2) is 14.5 Å². The highest BCUT2D eigenvalue weighted by atomic mass is 32.1. The molecule has 0 bridgehead atoms. The zero-order valence-corrected chi connectivity index (χ0v) is 31.2. The maximum atomic E-state index is 5.18. The van der Waals surface area contributed by atoms with Crippen LogP contribution in [0.1, 0.15) is 25.0 Å². The third kappa shape index (κ3) is 4.31. The van der Waals surface area contributed by atoms with Crippen molar-refractivity contribution in [3.05, 3.63) is 175 Å². The van der Waals surface area contributed by atoms with Crippen LogP contribution in [0.25, 0.3) is 103 Å². The molecule has 0 aliphatic carbocycles. The Morgan fingerprint density at radius 1 is 0.527 bits per heavy atom. The van der Waals surface area contributed by atoms with E-state index in [9.17, 15) is 0 Å². The highest BCUT2D eigenvalue weighted by Gasteiger charge is 2.36. The molecule has 0 radical (unpaired) electrons. The predicted molar refractivity (Wildman–Crippen MR) is 233 cm³/mol. The lowest BCUT2D eigenvalue weighted by Gasteiger charge is -2.35. The third-order valence-corrected chi connectivity index (χ3v) is 13.2. The van der Waals surface area contributed by atoms with Gasteiger partial charge in [0, 0.05) is 52.9 Å². The molecule has 0 saturated heterocycles. The van der Waals surface area contributed by atoms with E-state index in [1.807, 2.05) is 17.4 Å². The molecule has 3 nitrogen and oxygen atoms in total. The van der Waals surface area contributed by atoms with E-state index in [2.05, 4.69) is 176 Å². The fraction of sp³-hybridized carbons (Fsp3) is 0.0588. The first-order valence-electron chi connectivity index (χ1n) is 18.9. The van der Waals surface area contributed by atoms with Gasteiger partial charge < -0.3 is 4.57 Å². The number of hydrogen-bond donors (Lipinski definition) is 0. The van der Waals surface area contributed by atoms with E-state index in [4.69, 9.17) is 9.97 Å². The Hall–Kier alpha value is -6.62. The van der Waals surface area contributed by atoms with Crippen molar-refractivity contribution in [3.8, 4) is 39.5 Å². The van der Waals surface area contributed by atoms with Gasteiger partial charge in [-0.3, -0.25) is 0 Å². The first-order chi connectivity index (χ1) is 27.0. The summed E-state index contributed by atoms with van der Waals surface area (Å²) in [5, 5.41) is 8.77. The van der Waals surface area contributed by atoms with Crippen LogP contribution in [0.3, 0.4) is 0 Å². The SMILES string of the molecule is CC1(C)c2ccccc2-n2c3cc(-c4cccc5c4sc4ccc(-c6nc(-c7ccccc7)c7ccccc7n6)cc45)ccc3c3cc4ccccc4c1c32. The van der Waals surface area contributed by atoms with E-state index in [0.29, 0.717) is 0 Å². The summed E-state index contributed by atoms with van der Waals surface area (Å²) in [6.07, 6.45) is 0. The van der Waals surface area contributed by atoms with Crippen molar-refractivity contribution in [3.63, 3.8) is 0 Å². The van der Waals surface area contributed by atoms with Crippen molar-refractivity contribution in [1.82, 2.24) is 14.5 Å². The number of benzene rings is 8. The molecule has 0 atom stereocenters. The number of hydrogen-bond acceptors (Lipinski definition) is 3. The lowest BCUT2D eigenvalue weighted by Crippen LogP contribution is -2.26. The molecule has 1 aliphatic rings. The molecular weight excluding hydrogens is 687 g/mol. The van der Waals surface area contributed by atoms with E-state index in [1.54, 1.807) is 0 Å². The quantitative estimate of drug-likeness (QED) is 0.182. The van der Waals surface area contributed by atoms with Crippen LogP contribution in [0.5, 0.6) is 0 Å². The minimum Gasteiger partial charge on any atom is -0.309 e. The second-order valence-corrected chi connectivity index (χ2v) is 16.4. The van der Waals surface area contributed by atoms with Gasteiger partial charge >= 0.3 is 0 Å². The molecule has 0 unspecified atom stereocenters. The molecule has 8 aromatic carbocycles. The number of rotatable bonds is 3. The lowest BCUT2D eigenvalue weighted by molar-refractivity contribution is 0.636. The Bertz CT molecular complexity index is 3400. The number of para-hydroxylation sites is 2. The molecule has 0 fully saturated rings. The predicted octanol–water partition coefficient (Wildman–Crippen LogP) is 13.9. The van der Waals surface area contributed by atoms with Gasteiger partial charge in [-0.2, -0.15) is 0 Å². The lowest BCUT2D eigenvalue weighted by atomic mass is 9.73. The van der Waals surface area contributed by atoms with Crippen molar-refractivity contribution in [2.24, 2.45) is 0 Å². The zero-order valence-electron chi connectivity index (χ0n) is 30.3. The highest BCUT2D eigenvalue weighted by molar-refractivity contribution is 7.26. The Morgan fingerprint density at radius 3 is 2.20 bits per heavy atom. The van der Waals surface area contributed by atoms with Crippen LogP contribution in [0.4, 0.5) is 0 Å². The first kappa shape index (κ1) is 30.8. The fourth-order valence-corrected chi connectivity index (χ4v) is 10.6. The van der Waals surface area contributed by atoms with Crippen molar-refractivity contribution in [2.75, 3.05) is 0 Å². The maximum Gasteiger partial charge on any atom is 0.160 e. The summed E-state index contributed by atoms with van der Waals surface area (Å²) in [4.78, 5) is 10.3. The van der Waals surface area contributed by atoms with Crippen LogP contribution < -0.4 is 0 Å². The number of thiophene rings is 1. The minimum absolute atomic E-state index is 0.147. The Labute approximate surface area is 321 Å². The minimum atomic E-state index is -0.147. The van der Waals surface area contributed by atoms with E-state index < -0.39 is 0 Å². The second-order valence-electron chi connectivity index (χ2n) is 15.4. The summed E-state index contributed by atoms with van der Waals surface area (Å²) in [5.74, 6) is 0.741. The van der Waals surface area contributed by atoms with Gasteiger partial charge in [-0.25, -0.2) is 9.97 Å². The fourth-order valence-electron chi connectivity index (χ4n) is 9.41. The first-order valence-corrected chi connectivity index (χ1v) is 19.7. The average molecular weight is 720 g/mol. The van der Waals surface area contributed by atoms with Crippen molar-refractivity contribution < 1.29 is 0 Å². The molecule has 0 amide bonds. The standard InChI is InChI=1S/C51H33N3S/c1-51(2)41-20-9-11-22-43(41)54-44-29-32(23-25-36(44)40-27-31-15-6-7-16-34(31)46(51)48(40)54)35-18-12-19-37-39-28-33(24-26-45(39)55-49(35)37)50-52-42-21-10-8-17-38(42)47(53-50)30-13-4-3-5-14-30/h3-29H,1-2H3. The van der Waals surface area contributed by atoms with Gasteiger partial charge in [0.25, 0.3) is 0 Å². The molecular formula is C51H33N3S. The third-order valence-electron chi connectivity index (χ3n) is 11.9. The largest absolute Gasteiger partial charge is 0.309 e. The smallest absolute Gasteiger partial charge is 0.160 e. The molecule has 3 aromatic heterocycles. The van der Waals surface area contributed by atoms with E-state index in [1.165, 1.54) is 80.7 Å². The summed E-state index contributed by atoms with van der Waals surface area (Å²) < 4.78 is 5.09. The van der Waals surface area contributed by atoms with Crippen LogP contribution in [-0.2, 0) is 5.41 Å². The van der Waals surface area contributed by atoms with Crippen molar-refractivity contribution >= 4 is 75.0 Å². The maximum absolute atomic E-state index is 5.18. The molecule has 4 heterocycles. The van der Waals surface area contributed by atoms with Gasteiger partial charge in [-0.1, -0.05) is 135 Å². The molecule has 55 heavy (non-hydrogen) atoms. The van der Waals surface area contributed by atoms with E-state index in [-0.39, 0.29) is 5.41 Å². The summed E-state index contributed by atoms with van der Waals surface area (Å²) in [7, 11) is 0. The summed E-state index contributed by atoms with van der Waals surface area (Å²) in [5.41, 5.74) is 13.0. The summed E-state index contributed by atoms with van der Waals surface area (Å²) >= 11 is 1.87. The summed E-state index contributed by atoms with van der Waals surface area (Å²) in [6, 6.07) is 59.6. The van der Waals surface area contributed by atoms with Crippen LogP contribution in [0, 0.1) is 0 Å². The Balaban J connectivity index is 1.06. The molecule has 0 saturated carbocycles. The van der Waals surface area contributed by atoms with Gasteiger partial charge in [0.05, 0.1) is 27.9 Å². The van der Waals surface area contributed by atoms with Crippen molar-refractivity contribution in [1.29, 1.82) is 0 Å². The van der Waals surface area contributed by atoms with Crippen LogP contribution in [0.15, 0.2) is 164 Å². The second kappa shape index (κ2) is 11.2. The zero-order chi connectivity index (χ0) is 36.4. The Kier molecular flexibility index (Phi) is 6.27. The van der Waals surface area contributed by atoms with Crippen molar-refractivity contribution in [2.45, 2.75) is 19.3 Å². The van der Waals surface area contributed by atoms with Gasteiger partial charge in [-0.05, 0) is 75.5 Å². The van der Waals surface area contributed by atoms with Gasteiger partial charge in [0.1, 0.15) is 0 Å². The summed E-state index contributed by atoms with van der Waals surface area (Å²) in [6.45, 7) is 4.78. The number of fused-ring (bicyclic) bond motifs is 11. The molecule has 11 aromatic rings. The molecule has 0 N–H and O–H groups in total. The monoisotopic (exact) mass is 719 g/mol. The molecule has 258 valence electrons. The average Bonchev–Trinajstić information content (AvgIpc) is 3.77.